The van der Waals surface area contributed by atoms with Gasteiger partial charge in [0.1, 0.15) is 11.2 Å². The Morgan fingerprint density at radius 1 is 1.29 bits per heavy atom. The topological polar surface area (TPSA) is 62.1 Å². The summed E-state index contributed by atoms with van der Waals surface area (Å²) in [5.41, 5.74) is 3.40. The molecule has 3 aromatic rings. The van der Waals surface area contributed by atoms with E-state index in [9.17, 15) is 4.79 Å². The van der Waals surface area contributed by atoms with Crippen molar-refractivity contribution < 1.29 is 4.42 Å². The maximum Gasteiger partial charge on any atom is 0.271 e. The van der Waals surface area contributed by atoms with E-state index in [2.05, 4.69) is 16.9 Å². The lowest BCUT2D eigenvalue weighted by molar-refractivity contribution is 0.526. The number of anilines is 1. The van der Waals surface area contributed by atoms with Crippen LogP contribution in [0.15, 0.2) is 27.4 Å². The number of oxazole rings is 1. The summed E-state index contributed by atoms with van der Waals surface area (Å²) in [6, 6.07) is 5.25. The molecule has 0 saturated carbocycles. The second-order valence-electron chi connectivity index (χ2n) is 5.66. The molecule has 0 bridgehead atoms. The predicted octanol–water partition coefficient (Wildman–Crippen LogP) is 4.33. The molecule has 0 unspecified atom stereocenters. The zero-order valence-corrected chi connectivity index (χ0v) is 15.1. The maximum atomic E-state index is 12.2. The number of nitrogens with zero attached hydrogens (tertiary/aromatic N) is 2. The average Bonchev–Trinajstić information content (AvgIpc) is 2.96. The van der Waals surface area contributed by atoms with Crippen molar-refractivity contribution in [3.63, 3.8) is 0 Å². The molecule has 24 heavy (non-hydrogen) atoms. The minimum absolute atomic E-state index is 0.139. The molecule has 0 atom stereocenters. The zero-order valence-electron chi connectivity index (χ0n) is 13.6. The van der Waals surface area contributed by atoms with Crippen LogP contribution >= 0.6 is 23.2 Å². The molecule has 5 nitrogen and oxygen atoms in total. The first-order valence-electron chi connectivity index (χ1n) is 7.58. The molecule has 7 heteroatoms. The van der Waals surface area contributed by atoms with E-state index < -0.39 is 0 Å². The second kappa shape index (κ2) is 6.49. The molecule has 0 saturated heterocycles. The molecular weight excluding hydrogens is 349 g/mol. The highest BCUT2D eigenvalue weighted by molar-refractivity contribution is 6.39. The van der Waals surface area contributed by atoms with E-state index in [0.29, 0.717) is 39.3 Å². The van der Waals surface area contributed by atoms with Gasteiger partial charge in [0.05, 0.1) is 16.6 Å². The number of hydrogen-bond acceptors (Lipinski definition) is 4. The Morgan fingerprint density at radius 3 is 2.67 bits per heavy atom. The Kier molecular flexibility index (Phi) is 4.56. The van der Waals surface area contributed by atoms with Gasteiger partial charge in [-0.3, -0.25) is 4.79 Å². The van der Waals surface area contributed by atoms with Gasteiger partial charge in [0.15, 0.2) is 5.58 Å². The van der Waals surface area contributed by atoms with Gasteiger partial charge >= 0.3 is 0 Å². The van der Waals surface area contributed by atoms with Gasteiger partial charge in [-0.1, -0.05) is 30.1 Å². The van der Waals surface area contributed by atoms with Gasteiger partial charge in [-0.2, -0.15) is 0 Å². The van der Waals surface area contributed by atoms with Crippen molar-refractivity contribution in [1.29, 1.82) is 0 Å². The lowest BCUT2D eigenvalue weighted by atomic mass is 10.1. The number of nitrogens with one attached hydrogen (secondary N) is 1. The van der Waals surface area contributed by atoms with Crippen LogP contribution in [-0.2, 0) is 13.0 Å². The van der Waals surface area contributed by atoms with Crippen molar-refractivity contribution in [1.82, 2.24) is 9.97 Å². The third-order valence-electron chi connectivity index (χ3n) is 3.98. The van der Waals surface area contributed by atoms with Crippen LogP contribution in [0.1, 0.15) is 24.1 Å². The SMILES string of the molecule is CCc1cc(N(C)Cc2nc3c(Cl)ccc(Cl)c3o2)c(=O)[nH]c1C. The van der Waals surface area contributed by atoms with Crippen molar-refractivity contribution in [3.05, 3.63) is 55.7 Å². The van der Waals surface area contributed by atoms with Crippen molar-refractivity contribution in [3.8, 4) is 0 Å². The third-order valence-corrected chi connectivity index (χ3v) is 4.58. The average molecular weight is 366 g/mol. The highest BCUT2D eigenvalue weighted by Gasteiger charge is 2.16. The number of rotatable bonds is 4. The summed E-state index contributed by atoms with van der Waals surface area (Å²) in [6.45, 7) is 4.28. The van der Waals surface area contributed by atoms with Crippen LogP contribution in [0, 0.1) is 6.92 Å². The molecule has 0 aliphatic rings. The normalized spacial score (nSPS) is 11.2. The first kappa shape index (κ1) is 16.9. The Morgan fingerprint density at radius 2 is 2.00 bits per heavy atom. The molecule has 1 aromatic carbocycles. The summed E-state index contributed by atoms with van der Waals surface area (Å²) >= 11 is 12.2. The lowest BCUT2D eigenvalue weighted by Crippen LogP contribution is -2.25. The summed E-state index contributed by atoms with van der Waals surface area (Å²) < 4.78 is 5.71. The van der Waals surface area contributed by atoms with E-state index in [1.165, 1.54) is 0 Å². The fraction of sp³-hybridized carbons (Fsp3) is 0.294. The summed E-state index contributed by atoms with van der Waals surface area (Å²) in [5, 5.41) is 0.936. The van der Waals surface area contributed by atoms with E-state index in [-0.39, 0.29) is 5.56 Å². The summed E-state index contributed by atoms with van der Waals surface area (Å²) in [7, 11) is 1.82. The Hall–Kier alpha value is -1.98. The van der Waals surface area contributed by atoms with E-state index in [4.69, 9.17) is 27.6 Å². The Bertz CT molecular complexity index is 923. The monoisotopic (exact) mass is 365 g/mol. The van der Waals surface area contributed by atoms with E-state index in [0.717, 1.165) is 17.7 Å². The van der Waals surface area contributed by atoms with Crippen LogP contribution in [0.3, 0.4) is 0 Å². The Labute approximate surface area is 149 Å². The largest absolute Gasteiger partial charge is 0.437 e. The molecule has 126 valence electrons. The van der Waals surface area contributed by atoms with Crippen LogP contribution in [0.5, 0.6) is 0 Å². The molecule has 2 heterocycles. The molecule has 3 rings (SSSR count). The van der Waals surface area contributed by atoms with E-state index in [1.807, 2.05) is 20.0 Å². The number of fused-ring (bicyclic) bond motifs is 1. The van der Waals surface area contributed by atoms with Crippen LogP contribution in [0.2, 0.25) is 10.0 Å². The first-order chi connectivity index (χ1) is 11.4. The fourth-order valence-electron chi connectivity index (χ4n) is 2.65. The van der Waals surface area contributed by atoms with Gasteiger partial charge in [0, 0.05) is 12.7 Å². The molecule has 1 N–H and O–H groups in total. The Balaban J connectivity index is 1.96. The smallest absolute Gasteiger partial charge is 0.271 e. The minimum atomic E-state index is -0.139. The van der Waals surface area contributed by atoms with Gasteiger partial charge in [-0.15, -0.1) is 0 Å². The van der Waals surface area contributed by atoms with E-state index in [1.54, 1.807) is 17.0 Å². The third kappa shape index (κ3) is 3.01. The lowest BCUT2D eigenvalue weighted by Gasteiger charge is -2.17. The number of pyridine rings is 1. The van der Waals surface area contributed by atoms with Crippen molar-refractivity contribution >= 4 is 40.0 Å². The van der Waals surface area contributed by atoms with Gasteiger partial charge in [-0.25, -0.2) is 4.98 Å². The number of aryl methyl sites for hydroxylation is 2. The van der Waals surface area contributed by atoms with Crippen LogP contribution in [-0.4, -0.2) is 17.0 Å². The van der Waals surface area contributed by atoms with Crippen LogP contribution in [0.25, 0.3) is 11.1 Å². The number of H-pyrrole nitrogens is 1. The van der Waals surface area contributed by atoms with Gasteiger partial charge in [0.25, 0.3) is 5.56 Å². The molecular formula is C17H17Cl2N3O2. The molecule has 0 aliphatic carbocycles. The maximum absolute atomic E-state index is 12.2. The molecule has 0 spiro atoms. The van der Waals surface area contributed by atoms with Gasteiger partial charge in [0.2, 0.25) is 5.89 Å². The number of hydrogen-bond donors (Lipinski definition) is 1. The summed E-state index contributed by atoms with van der Waals surface area (Å²) in [4.78, 5) is 21.3. The fourth-order valence-corrected chi connectivity index (χ4v) is 3.03. The van der Waals surface area contributed by atoms with Crippen molar-refractivity contribution in [2.24, 2.45) is 0 Å². The molecule has 2 aromatic heterocycles. The molecule has 0 amide bonds. The minimum Gasteiger partial charge on any atom is -0.437 e. The van der Waals surface area contributed by atoms with Crippen LogP contribution < -0.4 is 10.5 Å². The highest BCUT2D eigenvalue weighted by atomic mass is 35.5. The number of aromatic nitrogens is 2. The summed E-state index contributed by atoms with van der Waals surface area (Å²) in [5.74, 6) is 0.445. The summed E-state index contributed by atoms with van der Waals surface area (Å²) in [6.07, 6.45) is 0.845. The zero-order chi connectivity index (χ0) is 17.4. The molecule has 0 radical (unpaired) electrons. The van der Waals surface area contributed by atoms with E-state index >= 15 is 0 Å². The van der Waals surface area contributed by atoms with Gasteiger partial charge in [-0.05, 0) is 37.1 Å². The number of benzene rings is 1. The van der Waals surface area contributed by atoms with Gasteiger partial charge < -0.3 is 14.3 Å². The van der Waals surface area contributed by atoms with Crippen molar-refractivity contribution in [2.45, 2.75) is 26.8 Å². The molecule has 0 fully saturated rings. The van der Waals surface area contributed by atoms with Crippen LogP contribution in [0.4, 0.5) is 5.69 Å². The second-order valence-corrected chi connectivity index (χ2v) is 6.47. The standard InChI is InChI=1S/C17H17Cl2N3O2/c1-4-10-7-13(17(23)20-9(10)2)22(3)8-14-21-15-11(18)5-6-12(19)16(15)24-14/h5-7H,4,8H2,1-3H3,(H,20,23). The first-order valence-corrected chi connectivity index (χ1v) is 8.33. The van der Waals surface area contributed by atoms with Crippen molar-refractivity contribution in [2.75, 3.05) is 11.9 Å². The molecule has 0 aliphatic heterocycles. The highest BCUT2D eigenvalue weighted by Crippen LogP contribution is 2.30. The number of aromatic amines is 1. The quantitative estimate of drug-likeness (QED) is 0.747. The predicted molar refractivity (Wildman–Crippen MR) is 97.3 cm³/mol. The number of halogens is 2.